The summed E-state index contributed by atoms with van der Waals surface area (Å²) in [6, 6.07) is 0.152. The van der Waals surface area contributed by atoms with Gasteiger partial charge in [-0.05, 0) is 26.7 Å². The summed E-state index contributed by atoms with van der Waals surface area (Å²) in [6.45, 7) is 5.45. The van der Waals surface area contributed by atoms with Crippen LogP contribution in [0.5, 0.6) is 0 Å². The predicted molar refractivity (Wildman–Crippen MR) is 68.5 cm³/mol. The number of nitrogens with zero attached hydrogens (tertiary/aromatic N) is 2. The molecule has 0 atom stereocenters. The van der Waals surface area contributed by atoms with Gasteiger partial charge in [0.25, 0.3) is 5.56 Å². The maximum absolute atomic E-state index is 11.9. The Bertz CT molecular complexity index is 388. The van der Waals surface area contributed by atoms with Crippen LogP contribution in [-0.2, 0) is 4.74 Å². The van der Waals surface area contributed by atoms with Crippen molar-refractivity contribution in [2.75, 3.05) is 25.6 Å². The first-order chi connectivity index (χ1) is 8.16. The van der Waals surface area contributed by atoms with Gasteiger partial charge < -0.3 is 14.6 Å². The monoisotopic (exact) mass is 239 g/mol. The fraction of sp³-hybridized carbons (Fsp3) is 0.667. The molecule has 1 aromatic heterocycles. The van der Waals surface area contributed by atoms with Gasteiger partial charge in [0.1, 0.15) is 0 Å². The summed E-state index contributed by atoms with van der Waals surface area (Å²) in [5.74, 6) is 0.429. The second kappa shape index (κ2) is 7.06. The van der Waals surface area contributed by atoms with Gasteiger partial charge in [0.2, 0.25) is 0 Å². The Morgan fingerprint density at radius 3 is 2.88 bits per heavy atom. The van der Waals surface area contributed by atoms with E-state index in [1.165, 1.54) is 0 Å². The number of hydrogen-bond acceptors (Lipinski definition) is 4. The lowest BCUT2D eigenvalue weighted by Gasteiger charge is -2.11. The number of methoxy groups -OCH3 is 1. The number of ether oxygens (including phenoxy) is 1. The van der Waals surface area contributed by atoms with E-state index in [0.29, 0.717) is 5.82 Å². The fourth-order valence-corrected chi connectivity index (χ4v) is 1.53. The SMILES string of the molecule is COCCCCNc1nccn(C(C)C)c1=O. The highest BCUT2D eigenvalue weighted by atomic mass is 16.5. The van der Waals surface area contributed by atoms with Crippen LogP contribution in [0.1, 0.15) is 32.7 Å². The van der Waals surface area contributed by atoms with Crippen LogP contribution in [0, 0.1) is 0 Å². The molecule has 5 heteroatoms. The van der Waals surface area contributed by atoms with Crippen molar-refractivity contribution in [2.45, 2.75) is 32.7 Å². The van der Waals surface area contributed by atoms with Crippen LogP contribution in [-0.4, -0.2) is 29.8 Å². The number of aromatic nitrogens is 2. The van der Waals surface area contributed by atoms with Crippen LogP contribution in [0.4, 0.5) is 5.82 Å². The van der Waals surface area contributed by atoms with Crippen molar-refractivity contribution in [1.29, 1.82) is 0 Å². The van der Waals surface area contributed by atoms with Crippen LogP contribution in [0.25, 0.3) is 0 Å². The molecule has 0 aliphatic carbocycles. The Kier molecular flexibility index (Phi) is 5.69. The molecule has 0 spiro atoms. The predicted octanol–water partition coefficient (Wildman–Crippen LogP) is 1.66. The lowest BCUT2D eigenvalue weighted by molar-refractivity contribution is 0.194. The van der Waals surface area contributed by atoms with Gasteiger partial charge in [0.05, 0.1) is 0 Å². The molecule has 1 rings (SSSR count). The highest BCUT2D eigenvalue weighted by Crippen LogP contribution is 2.01. The van der Waals surface area contributed by atoms with Gasteiger partial charge in [-0.15, -0.1) is 0 Å². The number of nitrogens with one attached hydrogen (secondary N) is 1. The van der Waals surface area contributed by atoms with E-state index >= 15 is 0 Å². The van der Waals surface area contributed by atoms with Gasteiger partial charge >= 0.3 is 0 Å². The topological polar surface area (TPSA) is 56.1 Å². The molecule has 96 valence electrons. The average molecular weight is 239 g/mol. The molecule has 0 bridgehead atoms. The molecule has 0 unspecified atom stereocenters. The Labute approximate surface area is 102 Å². The molecule has 0 amide bonds. The summed E-state index contributed by atoms with van der Waals surface area (Å²) in [6.07, 6.45) is 5.31. The second-order valence-corrected chi connectivity index (χ2v) is 4.21. The number of unbranched alkanes of at least 4 members (excludes halogenated alkanes) is 1. The van der Waals surface area contributed by atoms with E-state index in [0.717, 1.165) is 26.0 Å². The summed E-state index contributed by atoms with van der Waals surface area (Å²) in [7, 11) is 1.69. The van der Waals surface area contributed by atoms with Crippen molar-refractivity contribution in [3.8, 4) is 0 Å². The van der Waals surface area contributed by atoms with Crippen LogP contribution in [0.3, 0.4) is 0 Å². The minimum atomic E-state index is -0.0609. The minimum absolute atomic E-state index is 0.0609. The maximum atomic E-state index is 11.9. The lowest BCUT2D eigenvalue weighted by Crippen LogP contribution is -2.25. The zero-order valence-electron chi connectivity index (χ0n) is 10.8. The molecule has 0 fully saturated rings. The quantitative estimate of drug-likeness (QED) is 0.735. The molecule has 17 heavy (non-hydrogen) atoms. The van der Waals surface area contributed by atoms with E-state index in [1.54, 1.807) is 24.1 Å². The Balaban J connectivity index is 2.54. The Morgan fingerprint density at radius 1 is 1.47 bits per heavy atom. The minimum Gasteiger partial charge on any atom is -0.385 e. The van der Waals surface area contributed by atoms with Crippen molar-refractivity contribution < 1.29 is 4.74 Å². The molecular formula is C12H21N3O2. The smallest absolute Gasteiger partial charge is 0.293 e. The van der Waals surface area contributed by atoms with Crippen LogP contribution in [0.2, 0.25) is 0 Å². The van der Waals surface area contributed by atoms with E-state index in [1.807, 2.05) is 13.8 Å². The lowest BCUT2D eigenvalue weighted by atomic mass is 10.3. The third kappa shape index (κ3) is 4.19. The van der Waals surface area contributed by atoms with Crippen LogP contribution >= 0.6 is 0 Å². The molecule has 0 aromatic carbocycles. The summed E-state index contributed by atoms with van der Waals surface area (Å²) in [5, 5.41) is 3.07. The number of hydrogen-bond donors (Lipinski definition) is 1. The second-order valence-electron chi connectivity index (χ2n) is 4.21. The van der Waals surface area contributed by atoms with Crippen molar-refractivity contribution >= 4 is 5.82 Å². The molecule has 0 saturated carbocycles. The van der Waals surface area contributed by atoms with Gasteiger partial charge in [-0.1, -0.05) is 0 Å². The first-order valence-corrected chi connectivity index (χ1v) is 5.96. The fourth-order valence-electron chi connectivity index (χ4n) is 1.53. The van der Waals surface area contributed by atoms with E-state index in [-0.39, 0.29) is 11.6 Å². The molecule has 5 nitrogen and oxygen atoms in total. The van der Waals surface area contributed by atoms with E-state index in [2.05, 4.69) is 10.3 Å². The van der Waals surface area contributed by atoms with Crippen molar-refractivity contribution in [2.24, 2.45) is 0 Å². The zero-order chi connectivity index (χ0) is 12.7. The third-order valence-electron chi connectivity index (χ3n) is 2.49. The highest BCUT2D eigenvalue weighted by molar-refractivity contribution is 5.30. The molecule has 0 aliphatic heterocycles. The zero-order valence-corrected chi connectivity index (χ0v) is 10.8. The number of rotatable bonds is 7. The normalized spacial score (nSPS) is 10.8. The molecule has 0 saturated heterocycles. The van der Waals surface area contributed by atoms with E-state index in [9.17, 15) is 4.79 Å². The van der Waals surface area contributed by atoms with Gasteiger partial charge in [-0.2, -0.15) is 0 Å². The van der Waals surface area contributed by atoms with Gasteiger partial charge in [0, 0.05) is 38.7 Å². The van der Waals surface area contributed by atoms with Crippen LogP contribution in [0.15, 0.2) is 17.2 Å². The van der Waals surface area contributed by atoms with E-state index < -0.39 is 0 Å². The summed E-state index contributed by atoms with van der Waals surface area (Å²) in [4.78, 5) is 16.0. The summed E-state index contributed by atoms with van der Waals surface area (Å²) < 4.78 is 6.63. The average Bonchev–Trinajstić information content (AvgIpc) is 2.30. The van der Waals surface area contributed by atoms with Crippen LogP contribution < -0.4 is 10.9 Å². The summed E-state index contributed by atoms with van der Waals surface area (Å²) >= 11 is 0. The van der Waals surface area contributed by atoms with Crippen molar-refractivity contribution in [3.63, 3.8) is 0 Å². The largest absolute Gasteiger partial charge is 0.385 e. The standard InChI is InChI=1S/C12H21N3O2/c1-10(2)15-8-7-14-11(12(15)16)13-6-4-5-9-17-3/h7-8,10H,4-6,9H2,1-3H3,(H,13,14). The van der Waals surface area contributed by atoms with Crippen molar-refractivity contribution in [1.82, 2.24) is 9.55 Å². The Morgan fingerprint density at radius 2 is 2.24 bits per heavy atom. The first-order valence-electron chi connectivity index (χ1n) is 5.96. The van der Waals surface area contributed by atoms with Crippen molar-refractivity contribution in [3.05, 3.63) is 22.7 Å². The molecule has 0 radical (unpaired) electrons. The van der Waals surface area contributed by atoms with Gasteiger partial charge in [0.15, 0.2) is 5.82 Å². The van der Waals surface area contributed by atoms with E-state index in [4.69, 9.17) is 4.74 Å². The molecule has 1 N–H and O–H groups in total. The third-order valence-corrected chi connectivity index (χ3v) is 2.49. The number of anilines is 1. The molecule has 1 heterocycles. The maximum Gasteiger partial charge on any atom is 0.293 e. The molecule has 1 aromatic rings. The first kappa shape index (κ1) is 13.7. The Hall–Kier alpha value is -1.36. The highest BCUT2D eigenvalue weighted by Gasteiger charge is 2.05. The van der Waals surface area contributed by atoms with Gasteiger partial charge in [-0.3, -0.25) is 4.79 Å². The molecule has 0 aliphatic rings. The summed E-state index contributed by atoms with van der Waals surface area (Å²) in [5.41, 5.74) is -0.0609. The molecular weight excluding hydrogens is 218 g/mol. The van der Waals surface area contributed by atoms with Gasteiger partial charge in [-0.25, -0.2) is 4.98 Å².